The van der Waals surface area contributed by atoms with Crippen molar-refractivity contribution < 1.29 is 28.6 Å². The van der Waals surface area contributed by atoms with Crippen LogP contribution < -0.4 is 0 Å². The fraction of sp³-hybridized carbons (Fsp3) is 0.712. The molecule has 6 heteroatoms. The van der Waals surface area contributed by atoms with Gasteiger partial charge in [0.1, 0.15) is 13.2 Å². The van der Waals surface area contributed by atoms with Crippen molar-refractivity contribution in [2.24, 2.45) is 0 Å². The molecule has 0 aromatic heterocycles. The Hall–Kier alpha value is -3.15. The van der Waals surface area contributed by atoms with E-state index < -0.39 is 6.10 Å². The van der Waals surface area contributed by atoms with Crippen LogP contribution >= 0.6 is 0 Å². The first kappa shape index (κ1) is 54.9. The lowest BCUT2D eigenvalue weighted by Crippen LogP contribution is -2.30. The molecule has 0 saturated carbocycles. The Labute approximate surface area is 357 Å². The fourth-order valence-electron chi connectivity index (χ4n) is 6.28. The van der Waals surface area contributed by atoms with Crippen LogP contribution in [0.5, 0.6) is 0 Å². The molecule has 0 amide bonds. The third-order valence-electron chi connectivity index (χ3n) is 9.99. The molecule has 0 radical (unpaired) electrons. The Balaban J connectivity index is 4.43. The van der Waals surface area contributed by atoms with Gasteiger partial charge in [-0.15, -0.1) is 0 Å². The van der Waals surface area contributed by atoms with Crippen molar-refractivity contribution in [2.75, 3.05) is 13.2 Å². The van der Waals surface area contributed by atoms with E-state index in [1.165, 1.54) is 70.6 Å². The second-order valence-corrected chi connectivity index (χ2v) is 15.7. The van der Waals surface area contributed by atoms with Gasteiger partial charge in [0.25, 0.3) is 0 Å². The zero-order valence-electron chi connectivity index (χ0n) is 37.8. The van der Waals surface area contributed by atoms with Crippen molar-refractivity contribution in [2.45, 2.75) is 226 Å². The van der Waals surface area contributed by atoms with Gasteiger partial charge in [-0.25, -0.2) is 0 Å². The van der Waals surface area contributed by atoms with Gasteiger partial charge >= 0.3 is 17.9 Å². The number of rotatable bonds is 42. The Morgan fingerprint density at radius 3 is 1.10 bits per heavy atom. The maximum absolute atomic E-state index is 12.7. The van der Waals surface area contributed by atoms with Crippen LogP contribution in [0.1, 0.15) is 220 Å². The predicted octanol–water partition coefficient (Wildman–Crippen LogP) is 15.5. The standard InChI is InChI=1S/C52H88O6/c1-4-7-10-13-16-19-22-23-24-25-26-27-28-31-33-36-39-42-45-51(54)57-48-49(58-52(55)46-43-40-37-34-30-21-18-15-12-9-6-3)47-56-50(53)44-41-38-35-32-29-20-17-14-11-8-5-2/h14-15,17-18,21-27,30,49H,4-13,16,19-20,28-29,31-48H2,1-3H3/b17-14-,18-15-,23-22-,25-24-,27-26-,30-21-. The minimum Gasteiger partial charge on any atom is -0.462 e. The van der Waals surface area contributed by atoms with Gasteiger partial charge in [0.2, 0.25) is 0 Å². The third-order valence-corrected chi connectivity index (χ3v) is 9.99. The summed E-state index contributed by atoms with van der Waals surface area (Å²) in [6.45, 7) is 6.46. The molecule has 0 heterocycles. The van der Waals surface area contributed by atoms with Crippen LogP contribution in [-0.4, -0.2) is 37.2 Å². The molecule has 0 aromatic carbocycles. The number of esters is 3. The summed E-state index contributed by atoms with van der Waals surface area (Å²) in [6.07, 6.45) is 57.4. The average Bonchev–Trinajstić information content (AvgIpc) is 3.22. The highest BCUT2D eigenvalue weighted by Crippen LogP contribution is 2.12. The summed E-state index contributed by atoms with van der Waals surface area (Å²) in [4.78, 5) is 37.8. The van der Waals surface area contributed by atoms with E-state index in [0.717, 1.165) is 109 Å². The quantitative estimate of drug-likeness (QED) is 0.0201. The van der Waals surface area contributed by atoms with Crippen LogP contribution in [0, 0.1) is 0 Å². The summed E-state index contributed by atoms with van der Waals surface area (Å²) in [5, 5.41) is 0. The number of allylic oxidation sites excluding steroid dienone is 12. The van der Waals surface area contributed by atoms with Gasteiger partial charge in [-0.05, 0) is 83.5 Å². The number of ether oxygens (including phenoxy) is 3. The maximum Gasteiger partial charge on any atom is 0.306 e. The maximum atomic E-state index is 12.7. The summed E-state index contributed by atoms with van der Waals surface area (Å²) in [6, 6.07) is 0. The lowest BCUT2D eigenvalue weighted by Gasteiger charge is -2.18. The van der Waals surface area contributed by atoms with Crippen LogP contribution in [0.15, 0.2) is 72.9 Å². The van der Waals surface area contributed by atoms with E-state index in [1.54, 1.807) is 0 Å². The lowest BCUT2D eigenvalue weighted by molar-refractivity contribution is -0.167. The number of hydrogen-bond acceptors (Lipinski definition) is 6. The zero-order valence-corrected chi connectivity index (χ0v) is 37.8. The number of hydrogen-bond donors (Lipinski definition) is 0. The van der Waals surface area contributed by atoms with E-state index in [0.29, 0.717) is 12.8 Å². The second kappa shape index (κ2) is 46.5. The number of unbranched alkanes of at least 4 members (excludes halogenated alkanes) is 22. The first-order chi connectivity index (χ1) is 28.5. The average molecular weight is 809 g/mol. The minimum absolute atomic E-state index is 0.0983. The van der Waals surface area contributed by atoms with Gasteiger partial charge in [-0.2, -0.15) is 0 Å². The Kier molecular flexibility index (Phi) is 44.0. The van der Waals surface area contributed by atoms with Crippen molar-refractivity contribution in [3.05, 3.63) is 72.9 Å². The van der Waals surface area contributed by atoms with E-state index in [1.807, 2.05) is 0 Å². The molecule has 0 aromatic rings. The molecule has 0 aliphatic heterocycles. The van der Waals surface area contributed by atoms with Crippen molar-refractivity contribution in [1.82, 2.24) is 0 Å². The molecule has 0 N–H and O–H groups in total. The molecule has 58 heavy (non-hydrogen) atoms. The van der Waals surface area contributed by atoms with E-state index in [2.05, 4.69) is 93.7 Å². The molecule has 0 bridgehead atoms. The molecule has 0 rings (SSSR count). The summed E-state index contributed by atoms with van der Waals surface area (Å²) in [5.74, 6) is -0.960. The highest BCUT2D eigenvalue weighted by atomic mass is 16.6. The van der Waals surface area contributed by atoms with Gasteiger partial charge in [0.15, 0.2) is 6.10 Å². The SMILES string of the molecule is CCCC/C=C\C=C/CCCCCC(=O)OC(COC(=O)CCCCCCC\C=C/C=C\C=C/CCCCCCC)COC(=O)CCCCCCC/C=C\CCCC. The molecule has 6 nitrogen and oxygen atoms in total. The summed E-state index contributed by atoms with van der Waals surface area (Å²) in [7, 11) is 0. The molecule has 0 fully saturated rings. The summed E-state index contributed by atoms with van der Waals surface area (Å²) < 4.78 is 16.7. The molecule has 1 unspecified atom stereocenters. The largest absolute Gasteiger partial charge is 0.462 e. The van der Waals surface area contributed by atoms with Gasteiger partial charge in [-0.1, -0.05) is 190 Å². The smallest absolute Gasteiger partial charge is 0.306 e. The Morgan fingerprint density at radius 1 is 0.345 bits per heavy atom. The normalized spacial score (nSPS) is 12.7. The summed E-state index contributed by atoms with van der Waals surface area (Å²) >= 11 is 0. The van der Waals surface area contributed by atoms with Crippen LogP contribution in [0.4, 0.5) is 0 Å². The highest BCUT2D eigenvalue weighted by molar-refractivity contribution is 5.71. The Bertz CT molecular complexity index is 1110. The van der Waals surface area contributed by atoms with Crippen LogP contribution in [0.3, 0.4) is 0 Å². The number of carbonyl (C=O) groups is 3. The monoisotopic (exact) mass is 809 g/mol. The van der Waals surface area contributed by atoms with Crippen LogP contribution in [-0.2, 0) is 28.6 Å². The number of carbonyl (C=O) groups excluding carboxylic acids is 3. The fourth-order valence-corrected chi connectivity index (χ4v) is 6.28. The third kappa shape index (κ3) is 44.0. The second-order valence-electron chi connectivity index (χ2n) is 15.7. The molecule has 0 aliphatic rings. The summed E-state index contributed by atoms with van der Waals surface area (Å²) in [5.41, 5.74) is 0. The zero-order chi connectivity index (χ0) is 42.3. The topological polar surface area (TPSA) is 78.9 Å². The van der Waals surface area contributed by atoms with Gasteiger partial charge in [-0.3, -0.25) is 14.4 Å². The molecule has 1 atom stereocenters. The van der Waals surface area contributed by atoms with Crippen molar-refractivity contribution in [1.29, 1.82) is 0 Å². The highest BCUT2D eigenvalue weighted by Gasteiger charge is 2.19. The molecular formula is C52H88O6. The van der Waals surface area contributed by atoms with Gasteiger partial charge in [0.05, 0.1) is 0 Å². The van der Waals surface area contributed by atoms with E-state index in [4.69, 9.17) is 14.2 Å². The van der Waals surface area contributed by atoms with E-state index in [9.17, 15) is 14.4 Å². The van der Waals surface area contributed by atoms with Crippen molar-refractivity contribution in [3.63, 3.8) is 0 Å². The van der Waals surface area contributed by atoms with Gasteiger partial charge in [0, 0.05) is 19.3 Å². The van der Waals surface area contributed by atoms with Crippen LogP contribution in [0.25, 0.3) is 0 Å². The molecule has 0 aliphatic carbocycles. The molecule has 332 valence electrons. The minimum atomic E-state index is -0.799. The van der Waals surface area contributed by atoms with Crippen molar-refractivity contribution >= 4 is 17.9 Å². The Morgan fingerprint density at radius 2 is 0.655 bits per heavy atom. The van der Waals surface area contributed by atoms with Crippen LogP contribution in [0.2, 0.25) is 0 Å². The molecular weight excluding hydrogens is 721 g/mol. The van der Waals surface area contributed by atoms with E-state index >= 15 is 0 Å². The van der Waals surface area contributed by atoms with Gasteiger partial charge < -0.3 is 14.2 Å². The van der Waals surface area contributed by atoms with Crippen molar-refractivity contribution in [3.8, 4) is 0 Å². The van der Waals surface area contributed by atoms with E-state index in [-0.39, 0.29) is 37.5 Å². The first-order valence-corrected chi connectivity index (χ1v) is 24.0. The predicted molar refractivity (Wildman–Crippen MR) is 247 cm³/mol. The molecule has 0 saturated heterocycles. The lowest BCUT2D eigenvalue weighted by atomic mass is 10.1. The molecule has 0 spiro atoms. The first-order valence-electron chi connectivity index (χ1n) is 24.0.